The first-order valence-corrected chi connectivity index (χ1v) is 9.10. The van der Waals surface area contributed by atoms with Crippen LogP contribution in [0.25, 0.3) is 0 Å². The van der Waals surface area contributed by atoms with Crippen molar-refractivity contribution in [3.8, 4) is 0 Å². The highest BCUT2D eigenvalue weighted by molar-refractivity contribution is 5.87. The fraction of sp³-hybridized carbons (Fsp3) is 0.381. The predicted octanol–water partition coefficient (Wildman–Crippen LogP) is 2.42. The number of nitrogens with zero attached hydrogens (tertiary/aromatic N) is 1. The Morgan fingerprint density at radius 1 is 1.04 bits per heavy atom. The van der Waals surface area contributed by atoms with Gasteiger partial charge in [-0.2, -0.15) is 0 Å². The van der Waals surface area contributed by atoms with Gasteiger partial charge >= 0.3 is 5.97 Å². The van der Waals surface area contributed by atoms with Crippen LogP contribution in [-0.2, 0) is 17.7 Å². The van der Waals surface area contributed by atoms with Gasteiger partial charge in [0.2, 0.25) is 0 Å². The first-order valence-electron chi connectivity index (χ1n) is 9.10. The van der Waals surface area contributed by atoms with Crippen LogP contribution >= 0.6 is 0 Å². The second-order valence-corrected chi connectivity index (χ2v) is 6.68. The van der Waals surface area contributed by atoms with E-state index in [1.807, 2.05) is 18.2 Å². The Bertz CT molecular complexity index is 682. The van der Waals surface area contributed by atoms with Gasteiger partial charge in [0.15, 0.2) is 0 Å². The van der Waals surface area contributed by atoms with Crippen LogP contribution in [-0.4, -0.2) is 54.9 Å². The second-order valence-electron chi connectivity index (χ2n) is 6.68. The number of morpholine rings is 1. The molecule has 26 heavy (non-hydrogen) atoms. The molecule has 5 heteroatoms. The largest absolute Gasteiger partial charge is 0.478 e. The minimum Gasteiger partial charge on any atom is -0.478 e. The first kappa shape index (κ1) is 18.6. The fourth-order valence-corrected chi connectivity index (χ4v) is 3.22. The van der Waals surface area contributed by atoms with Gasteiger partial charge < -0.3 is 15.2 Å². The Balaban J connectivity index is 1.61. The van der Waals surface area contributed by atoms with Gasteiger partial charge in [-0.05, 0) is 29.7 Å². The van der Waals surface area contributed by atoms with Gasteiger partial charge in [0.1, 0.15) is 0 Å². The van der Waals surface area contributed by atoms with Crippen molar-refractivity contribution in [3.05, 3.63) is 71.3 Å². The molecule has 1 atom stereocenters. The summed E-state index contributed by atoms with van der Waals surface area (Å²) in [6, 6.07) is 17.9. The summed E-state index contributed by atoms with van der Waals surface area (Å²) in [6.45, 7) is 5.25. The normalized spacial score (nSPS) is 16.3. The van der Waals surface area contributed by atoms with Crippen molar-refractivity contribution in [3.63, 3.8) is 0 Å². The zero-order valence-electron chi connectivity index (χ0n) is 14.9. The smallest absolute Gasteiger partial charge is 0.335 e. The topological polar surface area (TPSA) is 61.8 Å². The molecular formula is C21H26N2O3. The van der Waals surface area contributed by atoms with Crippen LogP contribution in [0.4, 0.5) is 0 Å². The van der Waals surface area contributed by atoms with Crippen LogP contribution in [0.15, 0.2) is 54.6 Å². The number of carboxylic acid groups (broad SMARTS) is 1. The lowest BCUT2D eigenvalue weighted by Gasteiger charge is -2.31. The molecule has 2 N–H and O–H groups in total. The number of nitrogens with one attached hydrogen (secondary N) is 1. The van der Waals surface area contributed by atoms with Crippen LogP contribution in [0.2, 0.25) is 0 Å². The summed E-state index contributed by atoms with van der Waals surface area (Å²) in [5.41, 5.74) is 2.73. The van der Waals surface area contributed by atoms with Crippen molar-refractivity contribution in [1.82, 2.24) is 10.2 Å². The third kappa shape index (κ3) is 5.66. The average Bonchev–Trinajstić information content (AvgIpc) is 2.68. The molecule has 0 radical (unpaired) electrons. The highest BCUT2D eigenvalue weighted by atomic mass is 16.5. The van der Waals surface area contributed by atoms with E-state index in [2.05, 4.69) is 34.5 Å². The van der Waals surface area contributed by atoms with Gasteiger partial charge in [0.25, 0.3) is 0 Å². The number of carbonyl (C=O) groups is 1. The Morgan fingerprint density at radius 2 is 1.73 bits per heavy atom. The van der Waals surface area contributed by atoms with E-state index in [4.69, 9.17) is 9.84 Å². The highest BCUT2D eigenvalue weighted by Crippen LogP contribution is 2.09. The number of carboxylic acids is 1. The van der Waals surface area contributed by atoms with E-state index in [0.717, 1.165) is 51.4 Å². The standard InChI is InChI=1S/C21H26N2O3/c24-21(25)19-8-6-18(7-9-19)15-22-20(14-17-4-2-1-3-5-17)16-23-10-12-26-13-11-23/h1-9,20,22H,10-16H2,(H,24,25). The molecule has 1 aliphatic rings. The quantitative estimate of drug-likeness (QED) is 0.762. The van der Waals surface area contributed by atoms with Crippen LogP contribution in [0, 0.1) is 0 Å². The molecule has 5 nitrogen and oxygen atoms in total. The Labute approximate surface area is 154 Å². The molecule has 0 amide bonds. The zero-order valence-corrected chi connectivity index (χ0v) is 14.9. The molecule has 3 rings (SSSR count). The molecule has 0 aromatic heterocycles. The van der Waals surface area contributed by atoms with E-state index in [9.17, 15) is 4.79 Å². The lowest BCUT2D eigenvalue weighted by Crippen LogP contribution is -2.46. The molecule has 0 bridgehead atoms. The maximum atomic E-state index is 11.0. The summed E-state index contributed by atoms with van der Waals surface area (Å²) >= 11 is 0. The van der Waals surface area contributed by atoms with Gasteiger partial charge in [-0.1, -0.05) is 42.5 Å². The molecule has 2 aromatic rings. The molecule has 1 heterocycles. The first-order chi connectivity index (χ1) is 12.7. The molecule has 1 saturated heterocycles. The van der Waals surface area contributed by atoms with Gasteiger partial charge in [-0.25, -0.2) is 4.79 Å². The second kappa shape index (κ2) is 9.48. The summed E-state index contributed by atoms with van der Waals surface area (Å²) in [6.07, 6.45) is 0.964. The fourth-order valence-electron chi connectivity index (χ4n) is 3.22. The third-order valence-electron chi connectivity index (χ3n) is 4.70. The van der Waals surface area contributed by atoms with Crippen molar-refractivity contribution in [2.24, 2.45) is 0 Å². The number of aromatic carboxylic acids is 1. The molecule has 2 aromatic carbocycles. The van der Waals surface area contributed by atoms with E-state index in [0.29, 0.717) is 11.6 Å². The Morgan fingerprint density at radius 3 is 2.38 bits per heavy atom. The summed E-state index contributed by atoms with van der Waals surface area (Å²) < 4.78 is 5.45. The minimum atomic E-state index is -0.890. The molecular weight excluding hydrogens is 328 g/mol. The van der Waals surface area contributed by atoms with E-state index in [-0.39, 0.29) is 0 Å². The SMILES string of the molecule is O=C(O)c1ccc(CNC(Cc2ccccc2)CN2CCOCC2)cc1. The van der Waals surface area contributed by atoms with Crippen molar-refractivity contribution in [2.75, 3.05) is 32.8 Å². The summed E-state index contributed by atoms with van der Waals surface area (Å²) in [4.78, 5) is 13.4. The molecule has 0 aliphatic carbocycles. The van der Waals surface area contributed by atoms with E-state index in [1.165, 1.54) is 5.56 Å². The van der Waals surface area contributed by atoms with Gasteiger partial charge in [0, 0.05) is 32.2 Å². The summed E-state index contributed by atoms with van der Waals surface area (Å²) in [5.74, 6) is -0.890. The number of rotatable bonds is 8. The molecule has 1 aliphatic heterocycles. The molecule has 0 spiro atoms. The maximum Gasteiger partial charge on any atom is 0.335 e. The summed E-state index contributed by atoms with van der Waals surface area (Å²) in [5, 5.41) is 12.7. The van der Waals surface area contributed by atoms with Crippen LogP contribution < -0.4 is 5.32 Å². The van der Waals surface area contributed by atoms with E-state index in [1.54, 1.807) is 12.1 Å². The number of ether oxygens (including phenoxy) is 1. The van der Waals surface area contributed by atoms with Crippen molar-refractivity contribution < 1.29 is 14.6 Å². The monoisotopic (exact) mass is 354 g/mol. The molecule has 138 valence electrons. The lowest BCUT2D eigenvalue weighted by molar-refractivity contribution is 0.0334. The Hall–Kier alpha value is -2.21. The van der Waals surface area contributed by atoms with Crippen molar-refractivity contribution in [2.45, 2.75) is 19.0 Å². The third-order valence-corrected chi connectivity index (χ3v) is 4.70. The molecule has 0 saturated carbocycles. The Kier molecular flexibility index (Phi) is 6.77. The number of hydrogen-bond donors (Lipinski definition) is 2. The lowest BCUT2D eigenvalue weighted by atomic mass is 10.0. The van der Waals surface area contributed by atoms with Gasteiger partial charge in [-0.15, -0.1) is 0 Å². The molecule has 1 fully saturated rings. The van der Waals surface area contributed by atoms with Crippen molar-refractivity contribution in [1.29, 1.82) is 0 Å². The van der Waals surface area contributed by atoms with Gasteiger partial charge in [-0.3, -0.25) is 4.90 Å². The van der Waals surface area contributed by atoms with Crippen LogP contribution in [0.3, 0.4) is 0 Å². The minimum absolute atomic E-state index is 0.322. The average molecular weight is 354 g/mol. The maximum absolute atomic E-state index is 11.0. The highest BCUT2D eigenvalue weighted by Gasteiger charge is 2.17. The summed E-state index contributed by atoms with van der Waals surface area (Å²) in [7, 11) is 0. The predicted molar refractivity (Wildman–Crippen MR) is 101 cm³/mol. The van der Waals surface area contributed by atoms with Crippen LogP contribution in [0.1, 0.15) is 21.5 Å². The van der Waals surface area contributed by atoms with Crippen molar-refractivity contribution >= 4 is 5.97 Å². The number of benzene rings is 2. The zero-order chi connectivity index (χ0) is 18.2. The molecule has 1 unspecified atom stereocenters. The van der Waals surface area contributed by atoms with Gasteiger partial charge in [0.05, 0.1) is 18.8 Å². The van der Waals surface area contributed by atoms with E-state index >= 15 is 0 Å². The van der Waals surface area contributed by atoms with E-state index < -0.39 is 5.97 Å². The van der Waals surface area contributed by atoms with Crippen LogP contribution in [0.5, 0.6) is 0 Å². The number of hydrogen-bond acceptors (Lipinski definition) is 4.